The summed E-state index contributed by atoms with van der Waals surface area (Å²) in [5.41, 5.74) is 4.38. The fourth-order valence-corrected chi connectivity index (χ4v) is 6.34. The molecule has 2 atom stereocenters. The van der Waals surface area contributed by atoms with Gasteiger partial charge in [-0.25, -0.2) is 0 Å². The molecule has 3 aromatic rings. The second-order valence-corrected chi connectivity index (χ2v) is 11.4. The summed E-state index contributed by atoms with van der Waals surface area (Å²) in [7, 11) is 0. The van der Waals surface area contributed by atoms with E-state index in [1.165, 1.54) is 0 Å². The maximum atomic E-state index is 13.4. The van der Waals surface area contributed by atoms with Crippen LogP contribution in [0.1, 0.15) is 61.8 Å². The van der Waals surface area contributed by atoms with Crippen LogP contribution in [0.4, 0.5) is 0 Å². The summed E-state index contributed by atoms with van der Waals surface area (Å²) in [5.74, 6) is 2.56. The highest BCUT2D eigenvalue weighted by molar-refractivity contribution is 6.16. The summed E-state index contributed by atoms with van der Waals surface area (Å²) < 4.78 is 5.53. The largest absolute Gasteiger partial charge is 0.446 e. The molecule has 3 saturated carbocycles. The van der Waals surface area contributed by atoms with Crippen molar-refractivity contribution < 1.29 is 14.0 Å². The molecule has 1 unspecified atom stereocenters. The van der Waals surface area contributed by atoms with Crippen LogP contribution in [0.3, 0.4) is 0 Å². The Labute approximate surface area is 216 Å². The number of nitrogens with zero attached hydrogens (tertiary/aromatic N) is 3. The predicted octanol–water partition coefficient (Wildman–Crippen LogP) is 5.80. The van der Waals surface area contributed by atoms with Crippen molar-refractivity contribution in [3.8, 4) is 17.2 Å². The van der Waals surface area contributed by atoms with Crippen molar-refractivity contribution in [2.75, 3.05) is 6.54 Å². The van der Waals surface area contributed by atoms with Crippen molar-refractivity contribution in [2.45, 2.75) is 57.4 Å². The van der Waals surface area contributed by atoms with Crippen LogP contribution >= 0.6 is 0 Å². The molecular weight excluding hydrogens is 462 g/mol. The van der Waals surface area contributed by atoms with Gasteiger partial charge in [-0.1, -0.05) is 18.2 Å². The number of furan rings is 1. The topological polar surface area (TPSA) is 86.7 Å². The number of amides is 1. The Morgan fingerprint density at radius 1 is 1.08 bits per heavy atom. The smallest absolute Gasteiger partial charge is 0.256 e. The first-order chi connectivity index (χ1) is 17.9. The Bertz CT molecular complexity index is 1530. The van der Waals surface area contributed by atoms with E-state index < -0.39 is 5.54 Å². The van der Waals surface area contributed by atoms with Gasteiger partial charge in [0.1, 0.15) is 28.8 Å². The molecule has 186 valence electrons. The van der Waals surface area contributed by atoms with Crippen LogP contribution in [-0.4, -0.2) is 34.5 Å². The van der Waals surface area contributed by atoms with Crippen LogP contribution in [0.5, 0.6) is 0 Å². The summed E-state index contributed by atoms with van der Waals surface area (Å²) in [5, 5.41) is 10.0. The standard InChI is InChI=1S/C31H29N3O3/c1-18-12-23(6-8-26(18)21-7-9-27-24(14-21)15-25(16-32)37-27)29-33-31(10-11-31)30(36)34(29)17-19-2-3-22(13-19)28(35)20-4-5-20/h6-9,12,14-15,19-20,22H,2-5,10-11,13,17H2,1H3/t19-,22?/m1/s1. The third-order valence-corrected chi connectivity index (χ3v) is 8.73. The average molecular weight is 492 g/mol. The fraction of sp³-hybridized carbons (Fsp3) is 0.419. The second-order valence-electron chi connectivity index (χ2n) is 11.4. The number of nitriles is 1. The normalized spacial score (nSPS) is 24.1. The van der Waals surface area contributed by atoms with Crippen molar-refractivity contribution in [1.29, 1.82) is 5.26 Å². The van der Waals surface area contributed by atoms with E-state index in [1.54, 1.807) is 6.07 Å². The number of hydrogen-bond donors (Lipinski definition) is 0. The van der Waals surface area contributed by atoms with E-state index in [1.807, 2.05) is 23.1 Å². The van der Waals surface area contributed by atoms with Gasteiger partial charge in [-0.15, -0.1) is 0 Å². The highest BCUT2D eigenvalue weighted by Gasteiger charge is 2.57. The van der Waals surface area contributed by atoms with Gasteiger partial charge in [0.25, 0.3) is 5.91 Å². The molecule has 3 aliphatic carbocycles. The maximum absolute atomic E-state index is 13.4. The molecule has 2 heterocycles. The summed E-state index contributed by atoms with van der Waals surface area (Å²) in [6, 6.07) is 16.1. The zero-order valence-corrected chi connectivity index (χ0v) is 21.0. The maximum Gasteiger partial charge on any atom is 0.256 e. The predicted molar refractivity (Wildman–Crippen MR) is 140 cm³/mol. The molecule has 0 radical (unpaired) electrons. The van der Waals surface area contributed by atoms with E-state index in [2.05, 4.69) is 31.2 Å². The van der Waals surface area contributed by atoms with E-state index >= 15 is 0 Å². The van der Waals surface area contributed by atoms with Gasteiger partial charge < -0.3 is 4.42 Å². The third-order valence-electron chi connectivity index (χ3n) is 8.73. The van der Waals surface area contributed by atoms with Crippen molar-refractivity contribution >= 4 is 28.5 Å². The summed E-state index contributed by atoms with van der Waals surface area (Å²) >= 11 is 0. The Kier molecular flexibility index (Phi) is 4.95. The minimum atomic E-state index is -0.547. The fourth-order valence-electron chi connectivity index (χ4n) is 6.34. The van der Waals surface area contributed by atoms with Gasteiger partial charge in [0.15, 0.2) is 0 Å². The van der Waals surface area contributed by atoms with Gasteiger partial charge in [-0.3, -0.25) is 19.5 Å². The lowest BCUT2D eigenvalue weighted by Gasteiger charge is -2.23. The van der Waals surface area contributed by atoms with Crippen LogP contribution in [0.25, 0.3) is 22.1 Å². The molecule has 4 aliphatic rings. The monoisotopic (exact) mass is 491 g/mol. The molecule has 7 rings (SSSR count). The first-order valence-electron chi connectivity index (χ1n) is 13.4. The Balaban J connectivity index is 1.15. The number of benzene rings is 2. The molecule has 0 bridgehead atoms. The molecular formula is C31H29N3O3. The van der Waals surface area contributed by atoms with Gasteiger partial charge >= 0.3 is 0 Å². The molecule has 1 aliphatic heterocycles. The van der Waals surface area contributed by atoms with Gasteiger partial charge in [0.05, 0.1) is 0 Å². The number of carbonyl (C=O) groups is 2. The molecule has 2 aromatic carbocycles. The number of amidine groups is 1. The van der Waals surface area contributed by atoms with E-state index in [0.29, 0.717) is 35.5 Å². The highest BCUT2D eigenvalue weighted by atomic mass is 16.3. The van der Waals surface area contributed by atoms with Gasteiger partial charge in [-0.05, 0) is 92.7 Å². The zero-order valence-electron chi connectivity index (χ0n) is 21.0. The van der Waals surface area contributed by atoms with E-state index in [4.69, 9.17) is 14.7 Å². The number of aryl methyl sites for hydroxylation is 1. The Hall–Kier alpha value is -3.72. The molecule has 0 N–H and O–H groups in total. The first-order valence-corrected chi connectivity index (χ1v) is 13.4. The number of aliphatic imine (C=N–C) groups is 1. The van der Waals surface area contributed by atoms with Gasteiger partial charge in [-0.2, -0.15) is 5.26 Å². The molecule has 1 aromatic heterocycles. The average Bonchev–Trinajstić information content (AvgIpc) is 3.79. The minimum absolute atomic E-state index is 0.139. The number of carbonyl (C=O) groups excluding carboxylic acids is 2. The van der Waals surface area contributed by atoms with Crippen LogP contribution in [0.2, 0.25) is 0 Å². The molecule has 3 fully saturated rings. The van der Waals surface area contributed by atoms with Gasteiger partial charge in [0.2, 0.25) is 5.76 Å². The number of ketones is 1. The Morgan fingerprint density at radius 3 is 2.59 bits per heavy atom. The molecule has 6 heteroatoms. The summed E-state index contributed by atoms with van der Waals surface area (Å²) in [4.78, 5) is 32.9. The van der Waals surface area contributed by atoms with E-state index in [-0.39, 0.29) is 11.8 Å². The molecule has 1 amide bonds. The number of Topliss-reactive ketones (excluding diaryl/α,β-unsaturated/α-hetero) is 1. The first kappa shape index (κ1) is 22.5. The van der Waals surface area contributed by atoms with Crippen LogP contribution in [0.15, 0.2) is 51.9 Å². The molecule has 0 saturated heterocycles. The lowest BCUT2D eigenvalue weighted by atomic mass is 9.96. The Morgan fingerprint density at radius 2 is 1.86 bits per heavy atom. The third kappa shape index (κ3) is 3.80. The molecule has 37 heavy (non-hydrogen) atoms. The van der Waals surface area contributed by atoms with E-state index in [9.17, 15) is 9.59 Å². The number of hydrogen-bond acceptors (Lipinski definition) is 5. The number of rotatable bonds is 6. The molecule has 6 nitrogen and oxygen atoms in total. The lowest BCUT2D eigenvalue weighted by molar-refractivity contribution is -0.128. The SMILES string of the molecule is Cc1cc(C2=NC3(CC3)C(=O)N2C[C@@H]2CCC(C(=O)C3CC3)C2)ccc1-c1ccc2oc(C#N)cc2c1. The van der Waals surface area contributed by atoms with Crippen molar-refractivity contribution in [3.05, 3.63) is 59.4 Å². The van der Waals surface area contributed by atoms with Crippen molar-refractivity contribution in [1.82, 2.24) is 4.90 Å². The van der Waals surface area contributed by atoms with E-state index in [0.717, 1.165) is 78.4 Å². The van der Waals surface area contributed by atoms with Crippen molar-refractivity contribution in [3.63, 3.8) is 0 Å². The summed E-state index contributed by atoms with van der Waals surface area (Å²) in [6.45, 7) is 2.74. The van der Waals surface area contributed by atoms with Crippen LogP contribution in [0, 0.1) is 36.0 Å². The molecule has 1 spiro atoms. The number of fused-ring (bicyclic) bond motifs is 1. The summed E-state index contributed by atoms with van der Waals surface area (Å²) in [6.07, 6.45) is 6.66. The van der Waals surface area contributed by atoms with Crippen molar-refractivity contribution in [2.24, 2.45) is 22.7 Å². The lowest BCUT2D eigenvalue weighted by Crippen LogP contribution is -2.39. The van der Waals surface area contributed by atoms with Gasteiger partial charge in [0, 0.05) is 35.4 Å². The minimum Gasteiger partial charge on any atom is -0.446 e. The van der Waals surface area contributed by atoms with Crippen LogP contribution < -0.4 is 0 Å². The second kappa shape index (κ2) is 8.14. The van der Waals surface area contributed by atoms with Crippen LogP contribution in [-0.2, 0) is 9.59 Å². The quantitative estimate of drug-likeness (QED) is 0.436. The highest BCUT2D eigenvalue weighted by Crippen LogP contribution is 2.47. The zero-order chi connectivity index (χ0) is 25.3.